The maximum atomic E-state index is 5.27. The van der Waals surface area contributed by atoms with Gasteiger partial charge in [0.1, 0.15) is 0 Å². The Morgan fingerprint density at radius 2 is 2.40 bits per heavy atom. The van der Waals surface area contributed by atoms with E-state index in [1.807, 2.05) is 0 Å². The topological polar surface area (TPSA) is 15.3 Å². The first-order chi connectivity index (χ1) is 7.36. The zero-order valence-corrected chi connectivity index (χ0v) is 9.97. The molecular formula is C13H24N2. The second-order valence-corrected chi connectivity index (χ2v) is 4.40. The van der Waals surface area contributed by atoms with Gasteiger partial charge in [-0.15, -0.1) is 12.3 Å². The van der Waals surface area contributed by atoms with Gasteiger partial charge in [0.15, 0.2) is 0 Å². The number of terminal acetylenes is 1. The Morgan fingerprint density at radius 3 is 3.13 bits per heavy atom. The van der Waals surface area contributed by atoms with Crippen molar-refractivity contribution >= 4 is 0 Å². The molecule has 0 spiro atoms. The zero-order valence-electron chi connectivity index (χ0n) is 9.97. The van der Waals surface area contributed by atoms with Gasteiger partial charge in [-0.2, -0.15) is 0 Å². The van der Waals surface area contributed by atoms with Crippen LogP contribution in [0.25, 0.3) is 0 Å². The van der Waals surface area contributed by atoms with Crippen molar-refractivity contribution in [2.45, 2.75) is 45.1 Å². The number of unbranched alkanes of at least 4 members (excludes halogenated alkanes) is 1. The lowest BCUT2D eigenvalue weighted by molar-refractivity contribution is 0.261. The van der Waals surface area contributed by atoms with E-state index in [2.05, 4.69) is 23.1 Å². The molecular weight excluding hydrogens is 184 g/mol. The van der Waals surface area contributed by atoms with Crippen LogP contribution in [0.1, 0.15) is 39.0 Å². The van der Waals surface area contributed by atoms with Crippen LogP contribution in [0.15, 0.2) is 0 Å². The zero-order chi connectivity index (χ0) is 10.9. The summed E-state index contributed by atoms with van der Waals surface area (Å²) in [6, 6.07) is 0.698. The molecule has 1 fully saturated rings. The number of hydrogen-bond donors (Lipinski definition) is 1. The molecule has 0 aliphatic carbocycles. The summed E-state index contributed by atoms with van der Waals surface area (Å²) in [6.07, 6.45) is 11.2. The third-order valence-corrected chi connectivity index (χ3v) is 3.00. The molecule has 1 atom stereocenters. The molecule has 1 aliphatic rings. The smallest absolute Gasteiger partial charge is 0.0194 e. The minimum Gasteiger partial charge on any atom is -0.313 e. The molecule has 1 rings (SSSR count). The van der Waals surface area contributed by atoms with E-state index in [4.69, 9.17) is 6.42 Å². The van der Waals surface area contributed by atoms with Crippen molar-refractivity contribution in [2.75, 3.05) is 26.2 Å². The van der Waals surface area contributed by atoms with Gasteiger partial charge >= 0.3 is 0 Å². The van der Waals surface area contributed by atoms with Gasteiger partial charge < -0.3 is 10.2 Å². The quantitative estimate of drug-likeness (QED) is 0.548. The maximum absolute atomic E-state index is 5.27. The van der Waals surface area contributed by atoms with E-state index in [1.165, 1.54) is 45.4 Å². The largest absolute Gasteiger partial charge is 0.313 e. The summed E-state index contributed by atoms with van der Waals surface area (Å²) in [5, 5.41) is 3.62. The van der Waals surface area contributed by atoms with Crippen LogP contribution in [-0.2, 0) is 0 Å². The highest BCUT2D eigenvalue weighted by atomic mass is 15.2. The van der Waals surface area contributed by atoms with Gasteiger partial charge in [0, 0.05) is 19.0 Å². The highest BCUT2D eigenvalue weighted by molar-refractivity contribution is 4.84. The molecule has 15 heavy (non-hydrogen) atoms. The van der Waals surface area contributed by atoms with E-state index < -0.39 is 0 Å². The molecule has 1 unspecified atom stereocenters. The van der Waals surface area contributed by atoms with E-state index >= 15 is 0 Å². The van der Waals surface area contributed by atoms with Crippen LogP contribution in [0.4, 0.5) is 0 Å². The van der Waals surface area contributed by atoms with Crippen LogP contribution in [0, 0.1) is 12.3 Å². The van der Waals surface area contributed by atoms with Gasteiger partial charge in [-0.3, -0.25) is 0 Å². The summed E-state index contributed by atoms with van der Waals surface area (Å²) >= 11 is 0. The average Bonchev–Trinajstić information content (AvgIpc) is 2.45. The number of nitrogens with zero attached hydrogens (tertiary/aromatic N) is 1. The fraction of sp³-hybridized carbons (Fsp3) is 0.846. The Morgan fingerprint density at radius 1 is 1.53 bits per heavy atom. The molecule has 1 N–H and O–H groups in total. The van der Waals surface area contributed by atoms with Crippen LogP contribution in [-0.4, -0.2) is 37.1 Å². The van der Waals surface area contributed by atoms with Crippen molar-refractivity contribution < 1.29 is 0 Å². The highest BCUT2D eigenvalue weighted by Crippen LogP contribution is 2.06. The molecule has 0 saturated carbocycles. The SMILES string of the molecule is C#CCCCN1CCCNC(CCC)C1. The van der Waals surface area contributed by atoms with Gasteiger partial charge in [0.05, 0.1) is 0 Å². The Hall–Kier alpha value is -0.520. The lowest BCUT2D eigenvalue weighted by atomic mass is 10.1. The third-order valence-electron chi connectivity index (χ3n) is 3.00. The summed E-state index contributed by atoms with van der Waals surface area (Å²) in [7, 11) is 0. The molecule has 2 heteroatoms. The van der Waals surface area contributed by atoms with Crippen molar-refractivity contribution in [2.24, 2.45) is 0 Å². The maximum Gasteiger partial charge on any atom is 0.0194 e. The molecule has 86 valence electrons. The minimum atomic E-state index is 0.698. The predicted molar refractivity (Wildman–Crippen MR) is 65.8 cm³/mol. The van der Waals surface area contributed by atoms with Gasteiger partial charge in [-0.05, 0) is 38.9 Å². The summed E-state index contributed by atoms with van der Waals surface area (Å²) in [6.45, 7) is 7.05. The second-order valence-electron chi connectivity index (χ2n) is 4.40. The van der Waals surface area contributed by atoms with E-state index in [1.54, 1.807) is 0 Å². The van der Waals surface area contributed by atoms with Crippen molar-refractivity contribution in [1.29, 1.82) is 0 Å². The Bertz CT molecular complexity index is 195. The number of rotatable bonds is 5. The van der Waals surface area contributed by atoms with Gasteiger partial charge in [0.25, 0.3) is 0 Å². The second kappa shape index (κ2) is 7.73. The minimum absolute atomic E-state index is 0.698. The molecule has 0 amide bonds. The molecule has 1 heterocycles. The van der Waals surface area contributed by atoms with E-state index in [-0.39, 0.29) is 0 Å². The number of hydrogen-bond acceptors (Lipinski definition) is 2. The third kappa shape index (κ3) is 5.20. The Kier molecular flexibility index (Phi) is 6.47. The standard InChI is InChI=1S/C13H24N2/c1-3-5-6-10-15-11-7-9-14-13(12-15)8-4-2/h1,13-14H,4-12H2,2H3. The molecule has 0 aromatic heterocycles. The number of nitrogens with one attached hydrogen (secondary N) is 1. The predicted octanol–water partition coefficient (Wildman–Crippen LogP) is 1.86. The molecule has 1 saturated heterocycles. The fourth-order valence-corrected chi connectivity index (χ4v) is 2.23. The first kappa shape index (κ1) is 12.5. The van der Waals surface area contributed by atoms with E-state index in [0.29, 0.717) is 6.04 Å². The van der Waals surface area contributed by atoms with Crippen LogP contribution in [0.5, 0.6) is 0 Å². The Balaban J connectivity index is 2.26. The van der Waals surface area contributed by atoms with E-state index in [0.717, 1.165) is 12.8 Å². The summed E-state index contributed by atoms with van der Waals surface area (Å²) in [4.78, 5) is 2.57. The fourth-order valence-electron chi connectivity index (χ4n) is 2.23. The van der Waals surface area contributed by atoms with E-state index in [9.17, 15) is 0 Å². The lowest BCUT2D eigenvalue weighted by Gasteiger charge is -2.23. The summed E-state index contributed by atoms with van der Waals surface area (Å²) in [5.74, 6) is 2.72. The molecule has 1 aliphatic heterocycles. The van der Waals surface area contributed by atoms with Crippen LogP contribution in [0.2, 0.25) is 0 Å². The van der Waals surface area contributed by atoms with Crippen molar-refractivity contribution in [3.8, 4) is 12.3 Å². The monoisotopic (exact) mass is 208 g/mol. The molecule has 0 radical (unpaired) electrons. The lowest BCUT2D eigenvalue weighted by Crippen LogP contribution is -2.37. The van der Waals surface area contributed by atoms with Crippen molar-refractivity contribution in [3.63, 3.8) is 0 Å². The highest BCUT2D eigenvalue weighted by Gasteiger charge is 2.15. The Labute approximate surface area is 94.4 Å². The first-order valence-corrected chi connectivity index (χ1v) is 6.26. The summed E-state index contributed by atoms with van der Waals surface area (Å²) < 4.78 is 0. The molecule has 0 bridgehead atoms. The summed E-state index contributed by atoms with van der Waals surface area (Å²) in [5.41, 5.74) is 0. The van der Waals surface area contributed by atoms with Crippen LogP contribution < -0.4 is 5.32 Å². The van der Waals surface area contributed by atoms with Gasteiger partial charge in [-0.25, -0.2) is 0 Å². The van der Waals surface area contributed by atoms with Crippen molar-refractivity contribution in [3.05, 3.63) is 0 Å². The first-order valence-electron chi connectivity index (χ1n) is 6.26. The average molecular weight is 208 g/mol. The molecule has 0 aromatic rings. The van der Waals surface area contributed by atoms with Crippen LogP contribution in [0.3, 0.4) is 0 Å². The van der Waals surface area contributed by atoms with Gasteiger partial charge in [-0.1, -0.05) is 13.3 Å². The van der Waals surface area contributed by atoms with Crippen molar-refractivity contribution in [1.82, 2.24) is 10.2 Å². The molecule has 2 nitrogen and oxygen atoms in total. The normalized spacial score (nSPS) is 23.3. The van der Waals surface area contributed by atoms with Crippen LogP contribution >= 0.6 is 0 Å². The van der Waals surface area contributed by atoms with Gasteiger partial charge in [0.2, 0.25) is 0 Å². The molecule has 0 aromatic carbocycles.